The molecule has 5 rings (SSSR count). The molecule has 6 nitrogen and oxygen atoms in total. The van der Waals surface area contributed by atoms with E-state index < -0.39 is 0 Å². The maximum Gasteiger partial charge on any atom is 0.147 e. The predicted octanol–water partition coefficient (Wildman–Crippen LogP) is 3.12. The van der Waals surface area contributed by atoms with Crippen molar-refractivity contribution in [3.8, 4) is 0 Å². The highest BCUT2D eigenvalue weighted by Gasteiger charge is 2.38. The Morgan fingerprint density at radius 3 is 2.89 bits per heavy atom. The van der Waals surface area contributed by atoms with Crippen molar-refractivity contribution in [2.24, 2.45) is 13.0 Å². The zero-order valence-corrected chi connectivity index (χ0v) is 16.2. The lowest BCUT2D eigenvalue weighted by Crippen LogP contribution is -2.48. The summed E-state index contributed by atoms with van der Waals surface area (Å²) < 4.78 is 1.98. The summed E-state index contributed by atoms with van der Waals surface area (Å²) in [6.07, 6.45) is 6.28. The Kier molecular flexibility index (Phi) is 4.25. The van der Waals surface area contributed by atoms with Crippen LogP contribution in [0.4, 0.5) is 5.82 Å². The first-order valence-corrected chi connectivity index (χ1v) is 9.93. The van der Waals surface area contributed by atoms with Crippen LogP contribution in [0.5, 0.6) is 0 Å². The highest BCUT2D eigenvalue weighted by molar-refractivity contribution is 6.31. The Morgan fingerprint density at radius 2 is 2.04 bits per heavy atom. The normalized spacial score (nSPS) is 23.1. The smallest absolute Gasteiger partial charge is 0.147 e. The van der Waals surface area contributed by atoms with E-state index in [0.29, 0.717) is 11.1 Å². The largest absolute Gasteiger partial charge is 0.354 e. The van der Waals surface area contributed by atoms with Gasteiger partial charge < -0.3 is 4.90 Å². The molecule has 2 saturated heterocycles. The number of likely N-dealkylation sites (tertiary alicyclic amines) is 1. The van der Waals surface area contributed by atoms with Gasteiger partial charge in [-0.1, -0.05) is 11.6 Å². The topological polar surface area (TPSA) is 50.1 Å². The molecule has 2 aromatic heterocycles. The Hall–Kier alpha value is -2.18. The number of hydrogen-bond donors (Lipinski definition) is 0. The lowest BCUT2D eigenvalue weighted by molar-refractivity contribution is 0.196. The molecular formula is C20H23ClN6. The van der Waals surface area contributed by atoms with Crippen LogP contribution < -0.4 is 4.90 Å². The number of hydrogen-bond acceptors (Lipinski definition) is 5. The van der Waals surface area contributed by atoms with E-state index in [1.54, 1.807) is 0 Å². The number of nitrogens with zero attached hydrogens (tertiary/aromatic N) is 6. The summed E-state index contributed by atoms with van der Waals surface area (Å²) in [6, 6.07) is 8.38. The molecule has 27 heavy (non-hydrogen) atoms. The third-order valence-corrected chi connectivity index (χ3v) is 6.32. The summed E-state index contributed by atoms with van der Waals surface area (Å²) in [6.45, 7) is 4.19. The zero-order valence-electron chi connectivity index (χ0n) is 15.4. The van der Waals surface area contributed by atoms with Gasteiger partial charge in [0.25, 0.3) is 0 Å². The molecule has 0 spiro atoms. The van der Waals surface area contributed by atoms with E-state index in [1.807, 2.05) is 42.3 Å². The molecule has 0 amide bonds. The number of halogens is 1. The fourth-order valence-corrected chi connectivity index (χ4v) is 4.69. The molecule has 140 valence electrons. The molecule has 3 aromatic rings. The molecular weight excluding hydrogens is 360 g/mol. The fraction of sp³-hybridized carbons (Fsp3) is 0.450. The second-order valence-corrected chi connectivity index (χ2v) is 8.07. The maximum atomic E-state index is 6.06. The second-order valence-electron chi connectivity index (χ2n) is 7.63. The number of aryl methyl sites for hydroxylation is 1. The molecule has 0 saturated carbocycles. The van der Waals surface area contributed by atoms with Gasteiger partial charge in [0.2, 0.25) is 0 Å². The minimum absolute atomic E-state index is 0.566. The first-order chi connectivity index (χ1) is 13.2. The van der Waals surface area contributed by atoms with Gasteiger partial charge in [-0.3, -0.25) is 14.6 Å². The molecule has 0 aliphatic carbocycles. The lowest BCUT2D eigenvalue weighted by atomic mass is 9.92. The monoisotopic (exact) mass is 382 g/mol. The molecule has 1 aromatic carbocycles. The Balaban J connectivity index is 1.36. The molecule has 0 radical (unpaired) electrons. The van der Waals surface area contributed by atoms with E-state index in [9.17, 15) is 0 Å². The van der Waals surface area contributed by atoms with Crippen molar-refractivity contribution in [3.63, 3.8) is 0 Å². The van der Waals surface area contributed by atoms with Gasteiger partial charge in [-0.25, -0.2) is 4.98 Å². The van der Waals surface area contributed by atoms with Crippen LogP contribution in [-0.4, -0.2) is 50.3 Å². The van der Waals surface area contributed by atoms with Crippen LogP contribution in [0.3, 0.4) is 0 Å². The van der Waals surface area contributed by atoms with Gasteiger partial charge >= 0.3 is 0 Å². The van der Waals surface area contributed by atoms with Gasteiger partial charge in [0.15, 0.2) is 0 Å². The number of benzene rings is 1. The van der Waals surface area contributed by atoms with Crippen LogP contribution in [0.2, 0.25) is 5.02 Å². The van der Waals surface area contributed by atoms with E-state index in [-0.39, 0.29) is 0 Å². The van der Waals surface area contributed by atoms with Gasteiger partial charge in [-0.2, -0.15) is 5.10 Å². The summed E-state index contributed by atoms with van der Waals surface area (Å²) in [7, 11) is 2.02. The van der Waals surface area contributed by atoms with Crippen LogP contribution in [0.15, 0.2) is 36.7 Å². The number of aromatic nitrogens is 4. The van der Waals surface area contributed by atoms with Crippen LogP contribution in [0, 0.1) is 5.92 Å². The SMILES string of the molecule is Cn1nccc1CN1CCC2CCN(c3cnc4cc(Cl)ccc4n3)CC21. The third kappa shape index (κ3) is 3.17. The van der Waals surface area contributed by atoms with Gasteiger partial charge in [-0.05, 0) is 49.6 Å². The summed E-state index contributed by atoms with van der Waals surface area (Å²) in [4.78, 5) is 14.4. The van der Waals surface area contributed by atoms with E-state index >= 15 is 0 Å². The molecule has 2 aliphatic heterocycles. The van der Waals surface area contributed by atoms with Crippen LogP contribution >= 0.6 is 11.6 Å². The molecule has 0 bridgehead atoms. The van der Waals surface area contributed by atoms with Gasteiger partial charge in [0.1, 0.15) is 5.82 Å². The average molecular weight is 383 g/mol. The van der Waals surface area contributed by atoms with Gasteiger partial charge in [-0.15, -0.1) is 0 Å². The van der Waals surface area contributed by atoms with Crippen molar-refractivity contribution in [1.29, 1.82) is 0 Å². The number of anilines is 1. The lowest BCUT2D eigenvalue weighted by Gasteiger charge is -2.39. The van der Waals surface area contributed by atoms with Crippen LogP contribution in [0.25, 0.3) is 11.0 Å². The third-order valence-electron chi connectivity index (χ3n) is 6.08. The Bertz CT molecular complexity index is 970. The summed E-state index contributed by atoms with van der Waals surface area (Å²) in [5.74, 6) is 1.75. The molecule has 2 aliphatic rings. The Labute approximate surface area is 163 Å². The predicted molar refractivity (Wildman–Crippen MR) is 107 cm³/mol. The van der Waals surface area contributed by atoms with Crippen LogP contribution in [0.1, 0.15) is 18.5 Å². The average Bonchev–Trinajstić information content (AvgIpc) is 3.27. The highest BCUT2D eigenvalue weighted by atomic mass is 35.5. The van der Waals surface area contributed by atoms with E-state index in [0.717, 1.165) is 48.9 Å². The first-order valence-electron chi connectivity index (χ1n) is 9.55. The number of fused-ring (bicyclic) bond motifs is 2. The van der Waals surface area contributed by atoms with Gasteiger partial charge in [0.05, 0.1) is 22.9 Å². The first kappa shape index (κ1) is 17.0. The minimum Gasteiger partial charge on any atom is -0.354 e. The highest BCUT2D eigenvalue weighted by Crippen LogP contribution is 2.34. The van der Waals surface area contributed by atoms with Crippen molar-refractivity contribution >= 4 is 28.5 Å². The van der Waals surface area contributed by atoms with Crippen molar-refractivity contribution in [2.75, 3.05) is 24.5 Å². The summed E-state index contributed by atoms with van der Waals surface area (Å²) >= 11 is 6.06. The number of rotatable bonds is 3. The van der Waals surface area contributed by atoms with Crippen molar-refractivity contribution < 1.29 is 0 Å². The van der Waals surface area contributed by atoms with Crippen molar-refractivity contribution in [3.05, 3.63) is 47.4 Å². The van der Waals surface area contributed by atoms with E-state index in [1.165, 1.54) is 18.5 Å². The minimum atomic E-state index is 0.566. The van der Waals surface area contributed by atoms with Crippen molar-refractivity contribution in [1.82, 2.24) is 24.6 Å². The van der Waals surface area contributed by atoms with Crippen molar-refractivity contribution in [2.45, 2.75) is 25.4 Å². The zero-order chi connectivity index (χ0) is 18.4. The fourth-order valence-electron chi connectivity index (χ4n) is 4.52. The molecule has 2 fully saturated rings. The molecule has 0 N–H and O–H groups in total. The van der Waals surface area contributed by atoms with E-state index in [4.69, 9.17) is 16.6 Å². The summed E-state index contributed by atoms with van der Waals surface area (Å²) in [5, 5.41) is 5.01. The maximum absolute atomic E-state index is 6.06. The number of piperidine rings is 1. The summed E-state index contributed by atoms with van der Waals surface area (Å²) in [5.41, 5.74) is 3.02. The molecule has 2 unspecified atom stereocenters. The Morgan fingerprint density at radius 1 is 1.15 bits per heavy atom. The second kappa shape index (κ2) is 6.77. The quantitative estimate of drug-likeness (QED) is 0.696. The molecule has 2 atom stereocenters. The molecule has 4 heterocycles. The molecule has 7 heteroatoms. The van der Waals surface area contributed by atoms with Crippen LogP contribution in [-0.2, 0) is 13.6 Å². The van der Waals surface area contributed by atoms with Gasteiger partial charge in [0, 0.05) is 43.9 Å². The standard InChI is InChI=1S/C20H23ClN6/c1-25-16(4-7-23-25)12-26-8-5-14-6-9-27(13-19(14)26)20-11-22-18-10-15(21)2-3-17(18)24-20/h2-4,7,10-11,14,19H,5-6,8-9,12-13H2,1H3. The van der Waals surface area contributed by atoms with E-state index in [2.05, 4.69) is 25.9 Å².